The van der Waals surface area contributed by atoms with E-state index < -0.39 is 7.12 Å². The fourth-order valence-corrected chi connectivity index (χ4v) is 1.19. The summed E-state index contributed by atoms with van der Waals surface area (Å²) < 4.78 is 5.07. The number of aromatic nitrogens is 1. The zero-order valence-corrected chi connectivity index (χ0v) is 7.69. The largest absolute Gasteiger partial charge is 0.497 e. The Morgan fingerprint density at radius 3 is 2.62 bits per heavy atom. The summed E-state index contributed by atoms with van der Waals surface area (Å²) in [4.78, 5) is 3.89. The molecule has 2 N–H and O–H groups in total. The topological polar surface area (TPSA) is 62.6 Å². The van der Waals surface area contributed by atoms with Crippen LogP contribution in [0.15, 0.2) is 12.4 Å². The van der Waals surface area contributed by atoms with Crippen LogP contribution in [0.25, 0.3) is 0 Å². The van der Waals surface area contributed by atoms with Gasteiger partial charge in [0.05, 0.1) is 7.11 Å². The highest BCUT2D eigenvalue weighted by atomic mass is 16.5. The van der Waals surface area contributed by atoms with Crippen LogP contribution >= 0.6 is 0 Å². The molecule has 70 valence electrons. The van der Waals surface area contributed by atoms with E-state index in [0.29, 0.717) is 11.2 Å². The van der Waals surface area contributed by atoms with E-state index in [-0.39, 0.29) is 0 Å². The molecule has 0 bridgehead atoms. The first-order valence-electron chi connectivity index (χ1n) is 4.07. The maximum Gasteiger partial charge on any atom is 0.493 e. The third-order valence-electron chi connectivity index (χ3n) is 1.86. The average Bonchev–Trinajstić information content (AvgIpc) is 2.16. The van der Waals surface area contributed by atoms with Gasteiger partial charge in [-0.05, 0) is 6.42 Å². The van der Waals surface area contributed by atoms with Crippen LogP contribution in [0.1, 0.15) is 12.5 Å². The lowest BCUT2D eigenvalue weighted by Gasteiger charge is -2.10. The fraction of sp³-hybridized carbons (Fsp3) is 0.375. The average molecular weight is 181 g/mol. The number of rotatable bonds is 3. The van der Waals surface area contributed by atoms with Gasteiger partial charge in [0.25, 0.3) is 0 Å². The lowest BCUT2D eigenvalue weighted by Crippen LogP contribution is -2.32. The zero-order valence-electron chi connectivity index (χ0n) is 7.69. The minimum Gasteiger partial charge on any atom is -0.497 e. The Bertz CT molecular complexity index is 291. The monoisotopic (exact) mass is 181 g/mol. The predicted octanol–water partition coefficient (Wildman–Crippen LogP) is -0.668. The molecule has 0 aliphatic carbocycles. The quantitative estimate of drug-likeness (QED) is 0.607. The molecule has 1 rings (SSSR count). The first-order valence-corrected chi connectivity index (χ1v) is 4.07. The summed E-state index contributed by atoms with van der Waals surface area (Å²) in [5.74, 6) is 0.507. The number of pyridine rings is 1. The van der Waals surface area contributed by atoms with Crippen molar-refractivity contribution in [2.45, 2.75) is 13.3 Å². The molecule has 0 saturated heterocycles. The first kappa shape index (κ1) is 10.0. The van der Waals surface area contributed by atoms with Crippen LogP contribution in [0.3, 0.4) is 0 Å². The van der Waals surface area contributed by atoms with Gasteiger partial charge in [-0.2, -0.15) is 0 Å². The van der Waals surface area contributed by atoms with E-state index in [4.69, 9.17) is 14.8 Å². The van der Waals surface area contributed by atoms with Crippen molar-refractivity contribution in [3.63, 3.8) is 0 Å². The van der Waals surface area contributed by atoms with Crippen molar-refractivity contribution >= 4 is 12.6 Å². The fourth-order valence-electron chi connectivity index (χ4n) is 1.19. The summed E-state index contributed by atoms with van der Waals surface area (Å²) in [5, 5.41) is 18.0. The molecule has 0 saturated carbocycles. The van der Waals surface area contributed by atoms with Gasteiger partial charge in [0, 0.05) is 23.4 Å². The number of hydrogen-bond acceptors (Lipinski definition) is 4. The van der Waals surface area contributed by atoms with Gasteiger partial charge < -0.3 is 14.8 Å². The van der Waals surface area contributed by atoms with Crippen LogP contribution < -0.4 is 10.2 Å². The maximum absolute atomic E-state index is 8.99. The third kappa shape index (κ3) is 1.99. The summed E-state index contributed by atoms with van der Waals surface area (Å²) in [7, 11) is -0.0330. The van der Waals surface area contributed by atoms with Crippen molar-refractivity contribution in [1.29, 1.82) is 0 Å². The van der Waals surface area contributed by atoms with Crippen LogP contribution in [0.4, 0.5) is 0 Å². The Balaban J connectivity index is 3.19. The van der Waals surface area contributed by atoms with Gasteiger partial charge >= 0.3 is 7.12 Å². The molecule has 0 aliphatic heterocycles. The molecule has 1 heterocycles. The lowest BCUT2D eigenvalue weighted by molar-refractivity contribution is 0.399. The van der Waals surface area contributed by atoms with Gasteiger partial charge in [-0.3, -0.25) is 4.98 Å². The smallest absolute Gasteiger partial charge is 0.493 e. The summed E-state index contributed by atoms with van der Waals surface area (Å²) >= 11 is 0. The number of methoxy groups -OCH3 is 1. The van der Waals surface area contributed by atoms with Crippen LogP contribution in [-0.2, 0) is 6.42 Å². The molecule has 0 fully saturated rings. The molecule has 0 amide bonds. The Kier molecular flexibility index (Phi) is 3.28. The number of hydrogen-bond donors (Lipinski definition) is 2. The molecule has 0 aromatic carbocycles. The standard InChI is InChI=1S/C8H12BNO3/c1-3-6-4-10-5-7(9(11)12)8(6)13-2/h4-5,11-12H,3H2,1-2H3. The summed E-state index contributed by atoms with van der Waals surface area (Å²) in [6.07, 6.45) is 3.80. The Labute approximate surface area is 77.3 Å². The van der Waals surface area contributed by atoms with Crippen molar-refractivity contribution in [3.8, 4) is 5.75 Å². The van der Waals surface area contributed by atoms with Gasteiger partial charge in [0.15, 0.2) is 0 Å². The number of aryl methyl sites for hydroxylation is 1. The van der Waals surface area contributed by atoms with Crippen LogP contribution in [0, 0.1) is 0 Å². The second-order valence-electron chi connectivity index (χ2n) is 2.65. The van der Waals surface area contributed by atoms with Crippen molar-refractivity contribution < 1.29 is 14.8 Å². The molecular formula is C8H12BNO3. The Morgan fingerprint density at radius 2 is 2.15 bits per heavy atom. The van der Waals surface area contributed by atoms with Crippen molar-refractivity contribution in [3.05, 3.63) is 18.0 Å². The summed E-state index contributed by atoms with van der Waals surface area (Å²) in [6, 6.07) is 0. The van der Waals surface area contributed by atoms with Gasteiger partial charge in [-0.25, -0.2) is 0 Å². The third-order valence-corrected chi connectivity index (χ3v) is 1.86. The molecule has 0 aliphatic rings. The van der Waals surface area contributed by atoms with E-state index in [0.717, 1.165) is 12.0 Å². The minimum atomic E-state index is -1.53. The van der Waals surface area contributed by atoms with E-state index >= 15 is 0 Å². The molecule has 0 radical (unpaired) electrons. The van der Waals surface area contributed by atoms with Gasteiger partial charge in [-0.1, -0.05) is 6.92 Å². The second kappa shape index (κ2) is 4.25. The van der Waals surface area contributed by atoms with E-state index in [9.17, 15) is 0 Å². The van der Waals surface area contributed by atoms with E-state index in [2.05, 4.69) is 4.98 Å². The lowest BCUT2D eigenvalue weighted by atomic mass is 9.80. The van der Waals surface area contributed by atoms with E-state index in [1.165, 1.54) is 13.3 Å². The van der Waals surface area contributed by atoms with E-state index in [1.807, 2.05) is 6.92 Å². The van der Waals surface area contributed by atoms with Gasteiger partial charge in [0.1, 0.15) is 5.75 Å². The minimum absolute atomic E-state index is 0.307. The van der Waals surface area contributed by atoms with Crippen molar-refractivity contribution in [2.75, 3.05) is 7.11 Å². The van der Waals surface area contributed by atoms with Crippen LogP contribution in [0.2, 0.25) is 0 Å². The molecule has 4 nitrogen and oxygen atoms in total. The Hall–Kier alpha value is -1.07. The highest BCUT2D eigenvalue weighted by Crippen LogP contribution is 2.14. The molecular weight excluding hydrogens is 169 g/mol. The number of nitrogens with zero attached hydrogens (tertiary/aromatic N) is 1. The summed E-state index contributed by atoms with van der Waals surface area (Å²) in [6.45, 7) is 1.95. The highest BCUT2D eigenvalue weighted by Gasteiger charge is 2.19. The van der Waals surface area contributed by atoms with Crippen molar-refractivity contribution in [2.24, 2.45) is 0 Å². The first-order chi connectivity index (χ1) is 6.20. The summed E-state index contributed by atoms with van der Waals surface area (Å²) in [5.41, 5.74) is 1.18. The Morgan fingerprint density at radius 1 is 1.46 bits per heavy atom. The second-order valence-corrected chi connectivity index (χ2v) is 2.65. The maximum atomic E-state index is 8.99. The van der Waals surface area contributed by atoms with E-state index in [1.54, 1.807) is 6.20 Å². The van der Waals surface area contributed by atoms with Gasteiger partial charge in [0.2, 0.25) is 0 Å². The molecule has 1 aromatic rings. The van der Waals surface area contributed by atoms with Gasteiger partial charge in [-0.15, -0.1) is 0 Å². The van der Waals surface area contributed by atoms with Crippen LogP contribution in [-0.4, -0.2) is 29.3 Å². The molecule has 0 spiro atoms. The molecule has 5 heteroatoms. The molecule has 0 unspecified atom stereocenters. The predicted molar refractivity (Wildman–Crippen MR) is 50.0 cm³/mol. The van der Waals surface area contributed by atoms with Crippen LogP contribution in [0.5, 0.6) is 5.75 Å². The molecule has 0 atom stereocenters. The SMILES string of the molecule is CCc1cncc(B(O)O)c1OC. The van der Waals surface area contributed by atoms with Crippen molar-refractivity contribution in [1.82, 2.24) is 4.98 Å². The highest BCUT2D eigenvalue weighted by molar-refractivity contribution is 6.59. The molecule has 1 aromatic heterocycles. The molecule has 13 heavy (non-hydrogen) atoms. The zero-order chi connectivity index (χ0) is 9.84. The normalized spacial score (nSPS) is 9.85. The number of ether oxygens (including phenoxy) is 1.